The van der Waals surface area contributed by atoms with E-state index >= 15 is 0 Å². The number of carbonyl (C=O) groups excluding carboxylic acids is 1. The molecule has 5 nitrogen and oxygen atoms in total. The zero-order chi connectivity index (χ0) is 15.9. The first-order valence-electron chi connectivity index (χ1n) is 7.31. The Kier molecular flexibility index (Phi) is 5.89. The van der Waals surface area contributed by atoms with E-state index in [4.69, 9.17) is 9.47 Å². The average molecular weight is 320 g/mol. The first-order chi connectivity index (χ1) is 10.7. The number of aryl methyl sites for hydroxylation is 1. The van der Waals surface area contributed by atoms with Crippen LogP contribution in [0.15, 0.2) is 30.5 Å². The standard InChI is InChI=1S/C16H20N2O3S/c1-3-6-12-7-5-8-13(16(19)20-4-2)14(12)11-21-15-9-10-18(22)17-15/h5,7-10,22H,3-4,6,11H2,1-2H3. The summed E-state index contributed by atoms with van der Waals surface area (Å²) in [7, 11) is 0. The van der Waals surface area contributed by atoms with E-state index < -0.39 is 0 Å². The highest BCUT2D eigenvalue weighted by molar-refractivity contribution is 7.78. The van der Waals surface area contributed by atoms with Crippen LogP contribution in [0.25, 0.3) is 0 Å². The SMILES string of the molecule is CCCc1cccc(C(=O)OCC)c1COc1ccn(S)n1. The molecule has 2 rings (SSSR count). The van der Waals surface area contributed by atoms with Crippen LogP contribution in [0.3, 0.4) is 0 Å². The number of carbonyl (C=O) groups is 1. The minimum atomic E-state index is -0.321. The van der Waals surface area contributed by atoms with Gasteiger partial charge in [0.1, 0.15) is 6.61 Å². The molecule has 0 aliphatic heterocycles. The van der Waals surface area contributed by atoms with Crippen molar-refractivity contribution in [2.24, 2.45) is 0 Å². The summed E-state index contributed by atoms with van der Waals surface area (Å²) in [4.78, 5) is 12.1. The minimum Gasteiger partial charge on any atom is -0.472 e. The largest absolute Gasteiger partial charge is 0.472 e. The third kappa shape index (κ3) is 4.04. The van der Waals surface area contributed by atoms with Gasteiger partial charge in [-0.15, -0.1) is 5.10 Å². The molecule has 0 aliphatic carbocycles. The van der Waals surface area contributed by atoms with Crippen molar-refractivity contribution in [3.05, 3.63) is 47.2 Å². The second-order valence-electron chi connectivity index (χ2n) is 4.78. The predicted molar refractivity (Wildman–Crippen MR) is 87.3 cm³/mol. The van der Waals surface area contributed by atoms with E-state index in [0.29, 0.717) is 18.1 Å². The zero-order valence-corrected chi connectivity index (χ0v) is 13.7. The van der Waals surface area contributed by atoms with E-state index in [1.54, 1.807) is 25.3 Å². The van der Waals surface area contributed by atoms with Crippen LogP contribution < -0.4 is 4.74 Å². The monoisotopic (exact) mass is 320 g/mol. The smallest absolute Gasteiger partial charge is 0.338 e. The van der Waals surface area contributed by atoms with Crippen LogP contribution >= 0.6 is 12.8 Å². The molecule has 0 N–H and O–H groups in total. The van der Waals surface area contributed by atoms with Crippen LogP contribution in [-0.2, 0) is 17.8 Å². The van der Waals surface area contributed by atoms with Gasteiger partial charge in [-0.3, -0.25) is 0 Å². The van der Waals surface area contributed by atoms with E-state index in [0.717, 1.165) is 24.0 Å². The molecular weight excluding hydrogens is 300 g/mol. The molecule has 0 fully saturated rings. The molecule has 0 spiro atoms. The highest BCUT2D eigenvalue weighted by Gasteiger charge is 2.16. The Labute approximate surface area is 135 Å². The zero-order valence-electron chi connectivity index (χ0n) is 12.8. The number of esters is 1. The topological polar surface area (TPSA) is 53.4 Å². The Balaban J connectivity index is 2.26. The van der Waals surface area contributed by atoms with E-state index in [9.17, 15) is 4.79 Å². The summed E-state index contributed by atoms with van der Waals surface area (Å²) in [6.07, 6.45) is 3.56. The number of benzene rings is 1. The van der Waals surface area contributed by atoms with Gasteiger partial charge in [0.15, 0.2) is 0 Å². The first-order valence-corrected chi connectivity index (χ1v) is 7.71. The molecule has 0 atom stereocenters. The highest BCUT2D eigenvalue weighted by Crippen LogP contribution is 2.20. The molecule has 6 heteroatoms. The van der Waals surface area contributed by atoms with E-state index in [2.05, 4.69) is 24.8 Å². The Morgan fingerprint density at radius 2 is 2.14 bits per heavy atom. The minimum absolute atomic E-state index is 0.273. The van der Waals surface area contributed by atoms with Gasteiger partial charge in [-0.25, -0.2) is 8.88 Å². The summed E-state index contributed by atoms with van der Waals surface area (Å²) in [5, 5.41) is 4.05. The number of nitrogens with zero attached hydrogens (tertiary/aromatic N) is 2. The molecule has 22 heavy (non-hydrogen) atoms. The molecule has 0 aliphatic rings. The molecule has 1 aromatic carbocycles. The third-order valence-electron chi connectivity index (χ3n) is 3.20. The molecule has 1 aromatic heterocycles. The number of aromatic nitrogens is 2. The van der Waals surface area contributed by atoms with Crippen LogP contribution in [0, 0.1) is 0 Å². The summed E-state index contributed by atoms with van der Waals surface area (Å²) >= 11 is 4.07. The van der Waals surface area contributed by atoms with E-state index in [1.807, 2.05) is 12.1 Å². The second-order valence-corrected chi connectivity index (χ2v) is 5.19. The fourth-order valence-corrected chi connectivity index (χ4v) is 2.38. The molecule has 0 unspecified atom stereocenters. The molecule has 0 saturated carbocycles. The van der Waals surface area contributed by atoms with Crippen LogP contribution in [0.4, 0.5) is 0 Å². The van der Waals surface area contributed by atoms with Gasteiger partial charge in [0.2, 0.25) is 5.88 Å². The molecule has 0 radical (unpaired) electrons. The van der Waals surface area contributed by atoms with Crippen molar-refractivity contribution in [1.29, 1.82) is 0 Å². The van der Waals surface area contributed by atoms with Crippen molar-refractivity contribution in [3.8, 4) is 5.88 Å². The third-order valence-corrected chi connectivity index (χ3v) is 3.43. The number of rotatable bonds is 7. The number of hydrogen-bond donors (Lipinski definition) is 1. The van der Waals surface area contributed by atoms with Crippen LogP contribution in [-0.4, -0.2) is 21.8 Å². The van der Waals surface area contributed by atoms with E-state index in [-0.39, 0.29) is 12.6 Å². The molecule has 1 heterocycles. The van der Waals surface area contributed by atoms with Crippen molar-refractivity contribution < 1.29 is 14.3 Å². The number of ether oxygens (including phenoxy) is 2. The van der Waals surface area contributed by atoms with Crippen molar-refractivity contribution in [3.63, 3.8) is 0 Å². The maximum absolute atomic E-state index is 12.1. The second kappa shape index (κ2) is 7.89. The van der Waals surface area contributed by atoms with Gasteiger partial charge >= 0.3 is 5.97 Å². The lowest BCUT2D eigenvalue weighted by Crippen LogP contribution is -2.12. The maximum Gasteiger partial charge on any atom is 0.338 e. The summed E-state index contributed by atoms with van der Waals surface area (Å²) in [5.41, 5.74) is 2.51. The Morgan fingerprint density at radius 1 is 1.32 bits per heavy atom. The van der Waals surface area contributed by atoms with Gasteiger partial charge in [-0.05, 0) is 37.8 Å². The van der Waals surface area contributed by atoms with Gasteiger partial charge in [0.05, 0.1) is 12.2 Å². The maximum atomic E-state index is 12.1. The predicted octanol–water partition coefficient (Wildman–Crippen LogP) is 3.28. The molecule has 118 valence electrons. The highest BCUT2D eigenvalue weighted by atomic mass is 32.1. The number of thiol groups is 1. The fraction of sp³-hybridized carbons (Fsp3) is 0.375. The van der Waals surface area contributed by atoms with Crippen molar-refractivity contribution in [2.45, 2.75) is 33.3 Å². The lowest BCUT2D eigenvalue weighted by molar-refractivity contribution is 0.0523. The van der Waals surface area contributed by atoms with Gasteiger partial charge in [0.25, 0.3) is 0 Å². The Hall–Kier alpha value is -1.95. The fourth-order valence-electron chi connectivity index (χ4n) is 2.23. The Morgan fingerprint density at radius 3 is 2.77 bits per heavy atom. The molecule has 0 amide bonds. The lowest BCUT2D eigenvalue weighted by atomic mass is 9.98. The Bertz CT molecular complexity index is 640. The summed E-state index contributed by atoms with van der Waals surface area (Å²) < 4.78 is 12.2. The first kappa shape index (κ1) is 16.4. The lowest BCUT2D eigenvalue weighted by Gasteiger charge is -2.14. The van der Waals surface area contributed by atoms with Crippen molar-refractivity contribution >= 4 is 18.8 Å². The summed E-state index contributed by atoms with van der Waals surface area (Å²) in [6.45, 7) is 4.52. The molecular formula is C16H20N2O3S. The van der Waals surface area contributed by atoms with Gasteiger partial charge in [0, 0.05) is 17.8 Å². The summed E-state index contributed by atoms with van der Waals surface area (Å²) in [5.74, 6) is 0.148. The van der Waals surface area contributed by atoms with E-state index in [1.165, 1.54) is 4.09 Å². The average Bonchev–Trinajstić information content (AvgIpc) is 2.92. The molecule has 2 aromatic rings. The van der Waals surface area contributed by atoms with Gasteiger partial charge in [-0.2, -0.15) is 0 Å². The van der Waals surface area contributed by atoms with Crippen LogP contribution in [0.5, 0.6) is 5.88 Å². The van der Waals surface area contributed by atoms with Gasteiger partial charge in [-0.1, -0.05) is 25.5 Å². The van der Waals surface area contributed by atoms with Crippen molar-refractivity contribution in [1.82, 2.24) is 9.19 Å². The normalized spacial score (nSPS) is 10.5. The number of hydrogen-bond acceptors (Lipinski definition) is 5. The van der Waals surface area contributed by atoms with Gasteiger partial charge < -0.3 is 9.47 Å². The molecule has 0 saturated heterocycles. The van der Waals surface area contributed by atoms with Crippen LogP contribution in [0.2, 0.25) is 0 Å². The molecule has 0 bridgehead atoms. The van der Waals surface area contributed by atoms with Crippen molar-refractivity contribution in [2.75, 3.05) is 6.61 Å². The quantitative estimate of drug-likeness (QED) is 0.628. The summed E-state index contributed by atoms with van der Waals surface area (Å²) in [6, 6.07) is 7.39. The van der Waals surface area contributed by atoms with Crippen LogP contribution in [0.1, 0.15) is 41.8 Å².